The molecule has 1 fully saturated rings. The van der Waals surface area contributed by atoms with Gasteiger partial charge in [-0.1, -0.05) is 43.7 Å². The van der Waals surface area contributed by atoms with Crippen LogP contribution in [0.5, 0.6) is 0 Å². The van der Waals surface area contributed by atoms with E-state index in [1.807, 2.05) is 6.92 Å². The highest BCUT2D eigenvalue weighted by molar-refractivity contribution is 5.24. The Kier molecular flexibility index (Phi) is 4.99. The minimum Gasteiger partial charge on any atom is -0.363 e. The Labute approximate surface area is 116 Å². The number of rotatable bonds is 5. The van der Waals surface area contributed by atoms with Crippen LogP contribution in [0.3, 0.4) is 0 Å². The second-order valence-corrected chi connectivity index (χ2v) is 5.35. The van der Waals surface area contributed by atoms with Gasteiger partial charge in [0.05, 0.1) is 6.07 Å². The van der Waals surface area contributed by atoms with E-state index in [0.717, 1.165) is 6.42 Å². The first-order valence-electron chi connectivity index (χ1n) is 7.37. The molecular weight excluding hydrogens is 234 g/mol. The van der Waals surface area contributed by atoms with Gasteiger partial charge in [0.15, 0.2) is 0 Å². The third-order valence-corrected chi connectivity index (χ3v) is 4.41. The third kappa shape index (κ3) is 2.98. The standard InChI is InChI=1S/C17H23NO/c1-3-13-10-11-15(16(12-18)19-4-2)17(13)14-8-6-5-7-9-14/h5-9,13,15-17H,3-4,10-11H2,1-2H3. The predicted molar refractivity (Wildman–Crippen MR) is 76.7 cm³/mol. The van der Waals surface area contributed by atoms with Gasteiger partial charge in [0.25, 0.3) is 0 Å². The van der Waals surface area contributed by atoms with Gasteiger partial charge in [0.2, 0.25) is 0 Å². The number of nitrogens with zero attached hydrogens (tertiary/aromatic N) is 1. The second-order valence-electron chi connectivity index (χ2n) is 5.35. The smallest absolute Gasteiger partial charge is 0.147 e. The fourth-order valence-corrected chi connectivity index (χ4v) is 3.54. The predicted octanol–water partition coefficient (Wildman–Crippen LogP) is 4.14. The molecule has 1 aliphatic rings. The maximum atomic E-state index is 9.37. The highest BCUT2D eigenvalue weighted by Gasteiger charge is 2.40. The minimum atomic E-state index is -0.258. The fourth-order valence-electron chi connectivity index (χ4n) is 3.54. The van der Waals surface area contributed by atoms with E-state index in [0.29, 0.717) is 24.4 Å². The molecule has 102 valence electrons. The van der Waals surface area contributed by atoms with Crippen molar-refractivity contribution in [1.29, 1.82) is 5.26 Å². The summed E-state index contributed by atoms with van der Waals surface area (Å²) in [7, 11) is 0. The van der Waals surface area contributed by atoms with Gasteiger partial charge in [-0.05, 0) is 37.2 Å². The highest BCUT2D eigenvalue weighted by Crippen LogP contribution is 2.47. The lowest BCUT2D eigenvalue weighted by molar-refractivity contribution is 0.0525. The molecule has 0 amide bonds. The van der Waals surface area contributed by atoms with Crippen molar-refractivity contribution < 1.29 is 4.74 Å². The van der Waals surface area contributed by atoms with Crippen molar-refractivity contribution in [3.8, 4) is 6.07 Å². The molecule has 2 heteroatoms. The zero-order chi connectivity index (χ0) is 13.7. The number of hydrogen-bond acceptors (Lipinski definition) is 2. The maximum Gasteiger partial charge on any atom is 0.147 e. The van der Waals surface area contributed by atoms with Crippen LogP contribution < -0.4 is 0 Å². The summed E-state index contributed by atoms with van der Waals surface area (Å²) < 4.78 is 5.66. The molecule has 2 nitrogen and oxygen atoms in total. The number of hydrogen-bond donors (Lipinski definition) is 0. The maximum absolute atomic E-state index is 9.37. The molecule has 4 unspecified atom stereocenters. The van der Waals surface area contributed by atoms with E-state index in [1.165, 1.54) is 18.4 Å². The van der Waals surface area contributed by atoms with Crippen LogP contribution in [0.25, 0.3) is 0 Å². The van der Waals surface area contributed by atoms with E-state index in [9.17, 15) is 5.26 Å². The van der Waals surface area contributed by atoms with Crippen LogP contribution in [0.2, 0.25) is 0 Å². The van der Waals surface area contributed by atoms with E-state index < -0.39 is 0 Å². The fraction of sp³-hybridized carbons (Fsp3) is 0.588. The van der Waals surface area contributed by atoms with Gasteiger partial charge >= 0.3 is 0 Å². The summed E-state index contributed by atoms with van der Waals surface area (Å²) in [6.07, 6.45) is 3.24. The molecule has 4 atom stereocenters. The van der Waals surface area contributed by atoms with Gasteiger partial charge in [-0.25, -0.2) is 0 Å². The Bertz CT molecular complexity index is 423. The molecule has 2 rings (SSSR count). The number of benzene rings is 1. The molecular formula is C17H23NO. The Hall–Kier alpha value is -1.33. The topological polar surface area (TPSA) is 33.0 Å². The Morgan fingerprint density at radius 3 is 2.58 bits per heavy atom. The normalized spacial score (nSPS) is 27.9. The minimum absolute atomic E-state index is 0.258. The van der Waals surface area contributed by atoms with Crippen LogP contribution in [0, 0.1) is 23.2 Å². The molecule has 1 aromatic rings. The van der Waals surface area contributed by atoms with Crippen molar-refractivity contribution in [3.05, 3.63) is 35.9 Å². The third-order valence-electron chi connectivity index (χ3n) is 4.41. The zero-order valence-electron chi connectivity index (χ0n) is 11.9. The van der Waals surface area contributed by atoms with Crippen LogP contribution in [-0.4, -0.2) is 12.7 Å². The van der Waals surface area contributed by atoms with Crippen molar-refractivity contribution in [2.24, 2.45) is 11.8 Å². The van der Waals surface area contributed by atoms with Gasteiger partial charge in [-0.2, -0.15) is 5.26 Å². The van der Waals surface area contributed by atoms with Gasteiger partial charge in [-0.15, -0.1) is 0 Å². The molecule has 0 aliphatic heterocycles. The van der Waals surface area contributed by atoms with Crippen molar-refractivity contribution in [2.45, 2.75) is 45.1 Å². The molecule has 0 saturated heterocycles. The molecule has 0 heterocycles. The quantitative estimate of drug-likeness (QED) is 0.794. The molecule has 19 heavy (non-hydrogen) atoms. The monoisotopic (exact) mass is 257 g/mol. The first-order chi connectivity index (χ1) is 9.31. The van der Waals surface area contributed by atoms with Gasteiger partial charge < -0.3 is 4.74 Å². The summed E-state index contributed by atoms with van der Waals surface area (Å²) in [5, 5.41) is 9.37. The Morgan fingerprint density at radius 1 is 1.26 bits per heavy atom. The van der Waals surface area contributed by atoms with E-state index in [1.54, 1.807) is 0 Å². The molecule has 0 N–H and O–H groups in total. The molecule has 1 aromatic carbocycles. The van der Waals surface area contributed by atoms with Gasteiger partial charge in [-0.3, -0.25) is 0 Å². The first kappa shape index (κ1) is 14.1. The van der Waals surface area contributed by atoms with Crippen LogP contribution in [0.1, 0.15) is 44.6 Å². The van der Waals surface area contributed by atoms with E-state index in [4.69, 9.17) is 4.74 Å². The van der Waals surface area contributed by atoms with Crippen molar-refractivity contribution in [3.63, 3.8) is 0 Å². The number of nitriles is 1. The average Bonchev–Trinajstić information content (AvgIpc) is 2.89. The Morgan fingerprint density at radius 2 is 2.00 bits per heavy atom. The van der Waals surface area contributed by atoms with Crippen molar-refractivity contribution in [1.82, 2.24) is 0 Å². The van der Waals surface area contributed by atoms with Gasteiger partial charge in [0, 0.05) is 12.5 Å². The van der Waals surface area contributed by atoms with Crippen LogP contribution in [-0.2, 0) is 4.74 Å². The number of ether oxygens (including phenoxy) is 1. The van der Waals surface area contributed by atoms with Gasteiger partial charge in [0.1, 0.15) is 6.10 Å². The summed E-state index contributed by atoms with van der Waals surface area (Å²) in [4.78, 5) is 0. The summed E-state index contributed by atoms with van der Waals surface area (Å²) >= 11 is 0. The van der Waals surface area contributed by atoms with Crippen LogP contribution >= 0.6 is 0 Å². The summed E-state index contributed by atoms with van der Waals surface area (Å²) in [5.74, 6) is 1.50. The van der Waals surface area contributed by atoms with Crippen LogP contribution in [0.4, 0.5) is 0 Å². The molecule has 1 saturated carbocycles. The lowest BCUT2D eigenvalue weighted by Gasteiger charge is -2.27. The summed E-state index contributed by atoms with van der Waals surface area (Å²) in [6, 6.07) is 13.0. The van der Waals surface area contributed by atoms with E-state index in [2.05, 4.69) is 43.3 Å². The lowest BCUT2D eigenvalue weighted by atomic mass is 9.80. The highest BCUT2D eigenvalue weighted by atomic mass is 16.5. The lowest BCUT2D eigenvalue weighted by Crippen LogP contribution is -2.26. The molecule has 0 spiro atoms. The second kappa shape index (κ2) is 6.73. The molecule has 0 bridgehead atoms. The molecule has 0 radical (unpaired) electrons. The summed E-state index contributed by atoms with van der Waals surface area (Å²) in [6.45, 7) is 4.84. The zero-order valence-corrected chi connectivity index (χ0v) is 11.9. The summed E-state index contributed by atoms with van der Waals surface area (Å²) in [5.41, 5.74) is 1.37. The van der Waals surface area contributed by atoms with E-state index >= 15 is 0 Å². The first-order valence-corrected chi connectivity index (χ1v) is 7.37. The molecule has 1 aliphatic carbocycles. The van der Waals surface area contributed by atoms with Crippen molar-refractivity contribution in [2.75, 3.05) is 6.61 Å². The SMILES string of the molecule is CCOC(C#N)C1CCC(CC)C1c1ccccc1. The molecule has 0 aromatic heterocycles. The van der Waals surface area contributed by atoms with Crippen molar-refractivity contribution >= 4 is 0 Å². The largest absolute Gasteiger partial charge is 0.363 e. The average molecular weight is 257 g/mol. The Balaban J connectivity index is 2.26. The van der Waals surface area contributed by atoms with Crippen LogP contribution in [0.15, 0.2) is 30.3 Å². The van der Waals surface area contributed by atoms with E-state index in [-0.39, 0.29) is 6.10 Å².